The van der Waals surface area contributed by atoms with Crippen molar-refractivity contribution in [2.24, 2.45) is 0 Å². The molecule has 2 heterocycles. The Morgan fingerprint density at radius 3 is 2.91 bits per heavy atom. The van der Waals surface area contributed by atoms with Crippen LogP contribution in [0.4, 0.5) is 5.95 Å². The summed E-state index contributed by atoms with van der Waals surface area (Å²) in [6.45, 7) is 0.487. The third-order valence-electron chi connectivity index (χ3n) is 3.83. The number of rotatable bonds is 5. The van der Waals surface area contributed by atoms with Crippen molar-refractivity contribution < 1.29 is 9.21 Å². The SMILES string of the molecule is O=C(NC1CCCCC1)c1ccnc(NCc2ccco2)n1. The Labute approximate surface area is 129 Å². The van der Waals surface area contributed by atoms with Crippen molar-refractivity contribution >= 4 is 11.9 Å². The Morgan fingerprint density at radius 2 is 2.14 bits per heavy atom. The van der Waals surface area contributed by atoms with Gasteiger partial charge in [0.25, 0.3) is 5.91 Å². The highest BCUT2D eigenvalue weighted by molar-refractivity contribution is 5.92. The Bertz CT molecular complexity index is 606. The molecule has 0 aromatic carbocycles. The molecule has 1 fully saturated rings. The van der Waals surface area contributed by atoms with Gasteiger partial charge in [0.2, 0.25) is 5.95 Å². The third kappa shape index (κ3) is 3.84. The van der Waals surface area contributed by atoms with Gasteiger partial charge in [-0.25, -0.2) is 9.97 Å². The molecule has 0 aliphatic heterocycles. The summed E-state index contributed by atoms with van der Waals surface area (Å²) in [4.78, 5) is 20.6. The van der Waals surface area contributed by atoms with Crippen molar-refractivity contribution in [3.8, 4) is 0 Å². The zero-order valence-electron chi connectivity index (χ0n) is 12.4. The van der Waals surface area contributed by atoms with Crippen LogP contribution in [0.5, 0.6) is 0 Å². The van der Waals surface area contributed by atoms with Crippen LogP contribution in [0.1, 0.15) is 48.4 Å². The first-order valence-corrected chi connectivity index (χ1v) is 7.71. The molecule has 2 aromatic heterocycles. The van der Waals surface area contributed by atoms with Gasteiger partial charge in [-0.2, -0.15) is 0 Å². The lowest BCUT2D eigenvalue weighted by Crippen LogP contribution is -2.36. The van der Waals surface area contributed by atoms with Crippen LogP contribution in [0.2, 0.25) is 0 Å². The van der Waals surface area contributed by atoms with Crippen molar-refractivity contribution in [1.29, 1.82) is 0 Å². The molecule has 2 aromatic rings. The number of hydrogen-bond donors (Lipinski definition) is 2. The lowest BCUT2D eigenvalue weighted by atomic mass is 9.95. The minimum atomic E-state index is -0.129. The fourth-order valence-electron chi connectivity index (χ4n) is 2.66. The molecule has 6 heteroatoms. The van der Waals surface area contributed by atoms with Crippen LogP contribution >= 0.6 is 0 Å². The van der Waals surface area contributed by atoms with E-state index in [-0.39, 0.29) is 11.9 Å². The minimum Gasteiger partial charge on any atom is -0.467 e. The predicted molar refractivity (Wildman–Crippen MR) is 82.4 cm³/mol. The van der Waals surface area contributed by atoms with E-state index in [2.05, 4.69) is 20.6 Å². The summed E-state index contributed by atoms with van der Waals surface area (Å²) < 4.78 is 5.24. The van der Waals surface area contributed by atoms with Gasteiger partial charge in [-0.05, 0) is 31.0 Å². The van der Waals surface area contributed by atoms with E-state index in [0.29, 0.717) is 18.2 Å². The lowest BCUT2D eigenvalue weighted by Gasteiger charge is -2.22. The summed E-state index contributed by atoms with van der Waals surface area (Å²) >= 11 is 0. The topological polar surface area (TPSA) is 80.0 Å². The molecule has 0 spiro atoms. The molecule has 1 amide bonds. The Hall–Kier alpha value is -2.37. The quantitative estimate of drug-likeness (QED) is 0.887. The molecule has 1 saturated carbocycles. The zero-order chi connectivity index (χ0) is 15.2. The second-order valence-electron chi connectivity index (χ2n) is 5.51. The molecule has 22 heavy (non-hydrogen) atoms. The van der Waals surface area contributed by atoms with Crippen LogP contribution in [0.15, 0.2) is 35.1 Å². The van der Waals surface area contributed by atoms with Gasteiger partial charge >= 0.3 is 0 Å². The first kappa shape index (κ1) is 14.6. The first-order chi connectivity index (χ1) is 10.8. The molecule has 0 saturated heterocycles. The van der Waals surface area contributed by atoms with E-state index in [4.69, 9.17) is 4.42 Å². The number of carbonyl (C=O) groups excluding carboxylic acids is 1. The van der Waals surface area contributed by atoms with Gasteiger partial charge < -0.3 is 15.1 Å². The van der Waals surface area contributed by atoms with Crippen LogP contribution in [0, 0.1) is 0 Å². The number of aromatic nitrogens is 2. The third-order valence-corrected chi connectivity index (χ3v) is 3.83. The Balaban J connectivity index is 1.58. The molecule has 0 radical (unpaired) electrons. The van der Waals surface area contributed by atoms with E-state index in [1.54, 1.807) is 18.5 Å². The van der Waals surface area contributed by atoms with E-state index >= 15 is 0 Å². The summed E-state index contributed by atoms with van der Waals surface area (Å²) in [6, 6.07) is 5.60. The van der Waals surface area contributed by atoms with Gasteiger partial charge in [0.05, 0.1) is 12.8 Å². The first-order valence-electron chi connectivity index (χ1n) is 7.71. The second-order valence-corrected chi connectivity index (χ2v) is 5.51. The number of carbonyl (C=O) groups is 1. The summed E-state index contributed by atoms with van der Waals surface area (Å²) in [6.07, 6.45) is 8.95. The second kappa shape index (κ2) is 7.06. The molecular formula is C16H20N4O2. The van der Waals surface area contributed by atoms with Gasteiger partial charge in [0.15, 0.2) is 0 Å². The van der Waals surface area contributed by atoms with Crippen LogP contribution in [0.3, 0.4) is 0 Å². The maximum absolute atomic E-state index is 12.3. The maximum Gasteiger partial charge on any atom is 0.270 e. The molecule has 1 aliphatic rings. The number of anilines is 1. The van der Waals surface area contributed by atoms with E-state index in [1.165, 1.54) is 19.3 Å². The standard InChI is InChI=1S/C16H20N4O2/c21-15(19-12-5-2-1-3-6-12)14-8-9-17-16(20-14)18-11-13-7-4-10-22-13/h4,7-10,12H,1-3,5-6,11H2,(H,19,21)(H,17,18,20). The maximum atomic E-state index is 12.3. The van der Waals surface area contributed by atoms with Crippen molar-refractivity contribution in [2.45, 2.75) is 44.7 Å². The monoisotopic (exact) mass is 300 g/mol. The average Bonchev–Trinajstić information content (AvgIpc) is 3.08. The van der Waals surface area contributed by atoms with E-state index in [0.717, 1.165) is 18.6 Å². The number of amides is 1. The smallest absolute Gasteiger partial charge is 0.270 e. The fourth-order valence-corrected chi connectivity index (χ4v) is 2.66. The largest absolute Gasteiger partial charge is 0.467 e. The van der Waals surface area contributed by atoms with Crippen molar-refractivity contribution in [2.75, 3.05) is 5.32 Å². The highest BCUT2D eigenvalue weighted by atomic mass is 16.3. The fraction of sp³-hybridized carbons (Fsp3) is 0.438. The number of furan rings is 1. The van der Waals surface area contributed by atoms with Gasteiger partial charge in [-0.15, -0.1) is 0 Å². The van der Waals surface area contributed by atoms with Crippen LogP contribution in [-0.2, 0) is 6.54 Å². The molecule has 0 atom stereocenters. The van der Waals surface area contributed by atoms with Gasteiger partial charge in [0, 0.05) is 12.2 Å². The molecule has 116 valence electrons. The summed E-state index contributed by atoms with van der Waals surface area (Å²) in [7, 11) is 0. The van der Waals surface area contributed by atoms with Crippen LogP contribution < -0.4 is 10.6 Å². The molecule has 1 aliphatic carbocycles. The normalized spacial score (nSPS) is 15.5. The molecular weight excluding hydrogens is 280 g/mol. The van der Waals surface area contributed by atoms with Crippen molar-refractivity contribution in [3.63, 3.8) is 0 Å². The highest BCUT2D eigenvalue weighted by Gasteiger charge is 2.17. The summed E-state index contributed by atoms with van der Waals surface area (Å²) in [5.41, 5.74) is 0.391. The van der Waals surface area contributed by atoms with Crippen molar-refractivity contribution in [1.82, 2.24) is 15.3 Å². The van der Waals surface area contributed by atoms with E-state index < -0.39 is 0 Å². The van der Waals surface area contributed by atoms with Gasteiger partial charge in [-0.1, -0.05) is 19.3 Å². The van der Waals surface area contributed by atoms with Gasteiger partial charge in [0.1, 0.15) is 11.5 Å². The number of nitrogens with zero attached hydrogens (tertiary/aromatic N) is 2. The zero-order valence-corrected chi connectivity index (χ0v) is 12.4. The van der Waals surface area contributed by atoms with E-state index in [9.17, 15) is 4.79 Å². The van der Waals surface area contributed by atoms with Crippen LogP contribution in [-0.4, -0.2) is 21.9 Å². The molecule has 3 rings (SSSR count). The lowest BCUT2D eigenvalue weighted by molar-refractivity contribution is 0.0922. The van der Waals surface area contributed by atoms with Gasteiger partial charge in [-0.3, -0.25) is 4.79 Å². The van der Waals surface area contributed by atoms with Crippen molar-refractivity contribution in [3.05, 3.63) is 42.1 Å². The van der Waals surface area contributed by atoms with E-state index in [1.807, 2.05) is 12.1 Å². The number of nitrogens with one attached hydrogen (secondary N) is 2. The molecule has 2 N–H and O–H groups in total. The minimum absolute atomic E-state index is 0.129. The predicted octanol–water partition coefficient (Wildman–Crippen LogP) is 2.74. The molecule has 0 unspecified atom stereocenters. The molecule has 6 nitrogen and oxygen atoms in total. The Kier molecular flexibility index (Phi) is 4.68. The van der Waals surface area contributed by atoms with Crippen LogP contribution in [0.25, 0.3) is 0 Å². The summed E-state index contributed by atoms with van der Waals surface area (Å²) in [5, 5.41) is 6.11. The summed E-state index contributed by atoms with van der Waals surface area (Å²) in [5.74, 6) is 1.09. The molecule has 0 bridgehead atoms. The number of hydrogen-bond acceptors (Lipinski definition) is 5. The average molecular weight is 300 g/mol. The Morgan fingerprint density at radius 1 is 1.27 bits per heavy atom. The highest BCUT2D eigenvalue weighted by Crippen LogP contribution is 2.17.